The molecule has 204 valence electrons. The minimum absolute atomic E-state index is 0.0542. The third-order valence-corrected chi connectivity index (χ3v) is 8.56. The van der Waals surface area contributed by atoms with Crippen molar-refractivity contribution < 1.29 is 9.18 Å². The molecule has 0 bridgehead atoms. The van der Waals surface area contributed by atoms with Crippen LogP contribution in [0.3, 0.4) is 0 Å². The van der Waals surface area contributed by atoms with Gasteiger partial charge in [-0.3, -0.25) is 19.1 Å². The average Bonchev–Trinajstić information content (AvgIpc) is 3.85. The maximum atomic E-state index is 15.6. The lowest BCUT2D eigenvalue weighted by molar-refractivity contribution is -0.120. The number of amides is 1. The van der Waals surface area contributed by atoms with E-state index < -0.39 is 11.2 Å². The molecule has 0 aliphatic heterocycles. The van der Waals surface area contributed by atoms with Crippen LogP contribution in [0.1, 0.15) is 60.5 Å². The lowest BCUT2D eigenvalue weighted by Gasteiger charge is -2.17. The van der Waals surface area contributed by atoms with Crippen LogP contribution in [0.5, 0.6) is 0 Å². The van der Waals surface area contributed by atoms with Crippen LogP contribution in [0, 0.1) is 25.1 Å². The first-order valence-electron chi connectivity index (χ1n) is 13.0. The summed E-state index contributed by atoms with van der Waals surface area (Å²) < 4.78 is 17.1. The Hall–Kier alpha value is -3.62. The van der Waals surface area contributed by atoms with E-state index in [1.165, 1.54) is 17.0 Å². The molecule has 0 saturated heterocycles. The first-order chi connectivity index (χ1) is 19.1. The number of aryl methyl sites for hydroxylation is 2. The number of anilines is 1. The first-order valence-corrected chi connectivity index (χ1v) is 13.8. The standard InChI is InChI=1S/C30H26Cl2FN5O2/c1-15-13-34-22(17-5-4-6-21(27(17)33)37-29(40)30(3)7-8-30)11-24(15)38-16(2)9-20(26(32)28(38)39)18-10-19(18)23-12-25(31)36-14-35-23/h4-6,9,11-14,18-19H,7-8,10H2,1-3H3,(H,37,40)/t18-,19?/m1/s1. The van der Waals surface area contributed by atoms with Crippen LogP contribution in [0.2, 0.25) is 10.2 Å². The molecule has 2 saturated carbocycles. The summed E-state index contributed by atoms with van der Waals surface area (Å²) >= 11 is 12.7. The summed E-state index contributed by atoms with van der Waals surface area (Å²) in [5.41, 5.74) is 3.42. The predicted molar refractivity (Wildman–Crippen MR) is 153 cm³/mol. The van der Waals surface area contributed by atoms with Crippen molar-refractivity contribution in [3.05, 3.63) is 97.8 Å². The molecule has 2 aliphatic carbocycles. The van der Waals surface area contributed by atoms with Gasteiger partial charge in [0.2, 0.25) is 5.91 Å². The van der Waals surface area contributed by atoms with Gasteiger partial charge in [-0.2, -0.15) is 0 Å². The summed E-state index contributed by atoms with van der Waals surface area (Å²) in [7, 11) is 0. The minimum atomic E-state index is -0.579. The van der Waals surface area contributed by atoms with Gasteiger partial charge in [0.1, 0.15) is 16.5 Å². The van der Waals surface area contributed by atoms with Crippen molar-refractivity contribution in [1.29, 1.82) is 0 Å². The van der Waals surface area contributed by atoms with Crippen LogP contribution in [-0.4, -0.2) is 25.4 Å². The number of nitrogens with zero attached hydrogens (tertiary/aromatic N) is 4. The molecule has 1 N–H and O–H groups in total. The summed E-state index contributed by atoms with van der Waals surface area (Å²) in [6, 6.07) is 10.1. The third-order valence-electron chi connectivity index (χ3n) is 7.97. The molecule has 7 nitrogen and oxygen atoms in total. The van der Waals surface area contributed by atoms with Crippen molar-refractivity contribution in [2.24, 2.45) is 5.41 Å². The summed E-state index contributed by atoms with van der Waals surface area (Å²) in [5, 5.41) is 3.23. The van der Waals surface area contributed by atoms with E-state index in [1.807, 2.05) is 26.8 Å². The van der Waals surface area contributed by atoms with Gasteiger partial charge in [-0.25, -0.2) is 14.4 Å². The Balaban J connectivity index is 1.35. The zero-order valence-electron chi connectivity index (χ0n) is 22.1. The van der Waals surface area contributed by atoms with E-state index in [0.717, 1.165) is 36.1 Å². The zero-order valence-corrected chi connectivity index (χ0v) is 23.6. The Morgan fingerprint density at radius 2 is 1.88 bits per heavy atom. The van der Waals surface area contributed by atoms with Crippen molar-refractivity contribution in [1.82, 2.24) is 19.5 Å². The molecule has 2 aliphatic rings. The largest absolute Gasteiger partial charge is 0.323 e. The number of rotatable bonds is 6. The Morgan fingerprint density at radius 1 is 1.10 bits per heavy atom. The van der Waals surface area contributed by atoms with Gasteiger partial charge in [0.05, 0.1) is 17.1 Å². The zero-order chi connectivity index (χ0) is 28.3. The van der Waals surface area contributed by atoms with Gasteiger partial charge in [-0.15, -0.1) is 0 Å². The topological polar surface area (TPSA) is 89.8 Å². The molecule has 0 spiro atoms. The van der Waals surface area contributed by atoms with Crippen LogP contribution in [0.25, 0.3) is 16.9 Å². The van der Waals surface area contributed by atoms with Crippen LogP contribution < -0.4 is 10.9 Å². The highest BCUT2D eigenvalue weighted by atomic mass is 35.5. The highest BCUT2D eigenvalue weighted by molar-refractivity contribution is 6.31. The van der Waals surface area contributed by atoms with Crippen molar-refractivity contribution >= 4 is 34.8 Å². The molecule has 40 heavy (non-hydrogen) atoms. The van der Waals surface area contributed by atoms with Crippen molar-refractivity contribution in [2.45, 2.75) is 51.9 Å². The fraction of sp³-hybridized carbons (Fsp3) is 0.300. The molecule has 6 rings (SSSR count). The van der Waals surface area contributed by atoms with Gasteiger partial charge >= 0.3 is 0 Å². The second-order valence-corrected chi connectivity index (χ2v) is 11.7. The minimum Gasteiger partial charge on any atom is -0.323 e. The van der Waals surface area contributed by atoms with E-state index in [2.05, 4.69) is 20.3 Å². The fourth-order valence-corrected chi connectivity index (χ4v) is 5.57. The van der Waals surface area contributed by atoms with Crippen LogP contribution in [-0.2, 0) is 4.79 Å². The van der Waals surface area contributed by atoms with E-state index >= 15 is 4.39 Å². The third kappa shape index (κ3) is 4.69. The van der Waals surface area contributed by atoms with Crippen molar-refractivity contribution in [3.8, 4) is 16.9 Å². The number of hydrogen-bond acceptors (Lipinski definition) is 5. The monoisotopic (exact) mass is 577 g/mol. The second kappa shape index (κ2) is 9.78. The molecule has 1 unspecified atom stereocenters. The predicted octanol–water partition coefficient (Wildman–Crippen LogP) is 6.76. The van der Waals surface area contributed by atoms with Crippen molar-refractivity contribution in [3.63, 3.8) is 0 Å². The van der Waals surface area contributed by atoms with E-state index in [0.29, 0.717) is 22.2 Å². The van der Waals surface area contributed by atoms with Gasteiger partial charge in [0.15, 0.2) is 5.82 Å². The molecular formula is C30H26Cl2FN5O2. The number of carbonyl (C=O) groups excluding carboxylic acids is 1. The Morgan fingerprint density at radius 3 is 2.60 bits per heavy atom. The number of halogens is 3. The Kier molecular flexibility index (Phi) is 6.50. The summed E-state index contributed by atoms with van der Waals surface area (Å²) in [4.78, 5) is 38.9. The molecule has 10 heteroatoms. The van der Waals surface area contributed by atoms with Crippen LogP contribution in [0.15, 0.2) is 53.7 Å². The van der Waals surface area contributed by atoms with E-state index in [-0.39, 0.29) is 39.6 Å². The highest BCUT2D eigenvalue weighted by Gasteiger charge is 2.45. The molecule has 1 aromatic carbocycles. The SMILES string of the molecule is Cc1cnc(-c2cccc(NC(=O)C3(C)CC3)c2F)cc1-n1c(C)cc([C@@H]2CC2c2cc(Cl)ncn2)c(Cl)c1=O. The average molecular weight is 578 g/mol. The maximum absolute atomic E-state index is 15.6. The quantitative estimate of drug-likeness (QED) is 0.256. The van der Waals surface area contributed by atoms with Crippen molar-refractivity contribution in [2.75, 3.05) is 5.32 Å². The Bertz CT molecular complexity index is 1750. The molecule has 3 heterocycles. The van der Waals surface area contributed by atoms with Gasteiger partial charge < -0.3 is 5.32 Å². The fourth-order valence-electron chi connectivity index (χ4n) is 5.13. The lowest BCUT2D eigenvalue weighted by Crippen LogP contribution is -2.23. The number of carbonyl (C=O) groups is 1. The van der Waals surface area contributed by atoms with Gasteiger partial charge in [0, 0.05) is 34.5 Å². The smallest absolute Gasteiger partial charge is 0.274 e. The summed E-state index contributed by atoms with van der Waals surface area (Å²) in [6.45, 7) is 5.54. The molecular weight excluding hydrogens is 552 g/mol. The number of pyridine rings is 2. The lowest BCUT2D eigenvalue weighted by atomic mass is 10.0. The molecule has 2 fully saturated rings. The number of benzene rings is 1. The normalized spacial score (nSPS) is 18.9. The molecule has 4 aromatic rings. The first kappa shape index (κ1) is 26.6. The number of nitrogens with one attached hydrogen (secondary N) is 1. The maximum Gasteiger partial charge on any atom is 0.274 e. The molecule has 1 amide bonds. The summed E-state index contributed by atoms with van der Waals surface area (Å²) in [6.07, 6.45) is 5.41. The number of hydrogen-bond donors (Lipinski definition) is 1. The summed E-state index contributed by atoms with van der Waals surface area (Å²) in [5.74, 6) is -0.609. The highest BCUT2D eigenvalue weighted by Crippen LogP contribution is 2.55. The van der Waals surface area contributed by atoms with E-state index in [9.17, 15) is 9.59 Å². The van der Waals surface area contributed by atoms with Gasteiger partial charge in [0.25, 0.3) is 5.56 Å². The molecule has 2 atom stereocenters. The molecule has 0 radical (unpaired) electrons. The Labute approximate surface area is 240 Å². The second-order valence-electron chi connectivity index (χ2n) is 10.9. The van der Waals surface area contributed by atoms with Crippen LogP contribution in [0.4, 0.5) is 10.1 Å². The molecule has 3 aromatic heterocycles. The van der Waals surface area contributed by atoms with Gasteiger partial charge in [-0.1, -0.05) is 36.2 Å². The van der Waals surface area contributed by atoms with E-state index in [1.54, 1.807) is 30.5 Å². The number of aromatic nitrogens is 4. The van der Waals surface area contributed by atoms with Gasteiger partial charge in [-0.05, 0) is 80.5 Å². The van der Waals surface area contributed by atoms with E-state index in [4.69, 9.17) is 23.2 Å². The van der Waals surface area contributed by atoms with Crippen LogP contribution >= 0.6 is 23.2 Å².